The summed E-state index contributed by atoms with van der Waals surface area (Å²) in [6, 6.07) is 15.5. The van der Waals surface area contributed by atoms with Gasteiger partial charge in [0, 0.05) is 17.7 Å². The van der Waals surface area contributed by atoms with E-state index < -0.39 is 0 Å². The van der Waals surface area contributed by atoms with Gasteiger partial charge in [-0.15, -0.1) is 0 Å². The maximum absolute atomic E-state index is 12.9. The second kappa shape index (κ2) is 8.83. The summed E-state index contributed by atoms with van der Waals surface area (Å²) >= 11 is 0. The van der Waals surface area contributed by atoms with Gasteiger partial charge in [-0.25, -0.2) is 9.97 Å². The number of hydrogen-bond acceptors (Lipinski definition) is 6. The number of amidine groups is 1. The van der Waals surface area contributed by atoms with Crippen LogP contribution in [0.15, 0.2) is 59.8 Å². The Balaban J connectivity index is 1.57. The van der Waals surface area contributed by atoms with E-state index in [-0.39, 0.29) is 23.6 Å². The van der Waals surface area contributed by atoms with Crippen molar-refractivity contribution in [1.82, 2.24) is 20.7 Å². The third-order valence-electron chi connectivity index (χ3n) is 5.26. The van der Waals surface area contributed by atoms with Crippen molar-refractivity contribution in [2.75, 3.05) is 12.3 Å². The van der Waals surface area contributed by atoms with Gasteiger partial charge in [-0.1, -0.05) is 36.4 Å². The van der Waals surface area contributed by atoms with Gasteiger partial charge in [-0.05, 0) is 43.0 Å². The Morgan fingerprint density at radius 2 is 2.06 bits per heavy atom. The summed E-state index contributed by atoms with van der Waals surface area (Å²) in [4.78, 5) is 21.6. The molecule has 4 rings (SSSR count). The quantitative estimate of drug-likeness (QED) is 0.278. The van der Waals surface area contributed by atoms with Crippen LogP contribution in [0.2, 0.25) is 0 Å². The fraction of sp³-hybridized carbons (Fsp3) is 0.217. The Hall–Kier alpha value is -3.94. The van der Waals surface area contributed by atoms with E-state index >= 15 is 0 Å². The van der Waals surface area contributed by atoms with Gasteiger partial charge in [-0.2, -0.15) is 5.10 Å². The molecular formula is C23H25N7O. The minimum Gasteiger partial charge on any atom is -0.382 e. The number of nitrogens with two attached hydrogens (primary N) is 2. The molecule has 0 fully saturated rings. The molecule has 1 aliphatic carbocycles. The Morgan fingerprint density at radius 1 is 1.23 bits per heavy atom. The maximum atomic E-state index is 12.9. The number of anilines is 1. The average Bonchev–Trinajstić information content (AvgIpc) is 3.20. The van der Waals surface area contributed by atoms with Gasteiger partial charge in [0.05, 0.1) is 17.9 Å². The Bertz CT molecular complexity index is 1140. The number of carbonyl (C=O) groups is 1. The zero-order valence-electron chi connectivity index (χ0n) is 17.3. The van der Waals surface area contributed by atoms with Crippen LogP contribution in [0.25, 0.3) is 11.3 Å². The molecule has 0 aliphatic heterocycles. The highest BCUT2D eigenvalue weighted by atomic mass is 16.1. The van der Waals surface area contributed by atoms with Crippen molar-refractivity contribution in [2.45, 2.75) is 25.8 Å². The number of fused-ring (bicyclic) bond motifs is 1. The number of benzene rings is 2. The largest absolute Gasteiger partial charge is 0.382 e. The first-order valence-corrected chi connectivity index (χ1v) is 10.2. The van der Waals surface area contributed by atoms with Crippen molar-refractivity contribution in [3.63, 3.8) is 0 Å². The van der Waals surface area contributed by atoms with Crippen LogP contribution in [-0.4, -0.2) is 28.3 Å². The number of carbonyl (C=O) groups excluding carboxylic acids is 1. The van der Waals surface area contributed by atoms with E-state index in [0.717, 1.165) is 18.4 Å². The van der Waals surface area contributed by atoms with Crippen LogP contribution in [0.3, 0.4) is 0 Å². The van der Waals surface area contributed by atoms with Crippen LogP contribution in [-0.2, 0) is 6.42 Å². The van der Waals surface area contributed by atoms with Crippen LogP contribution >= 0.6 is 0 Å². The van der Waals surface area contributed by atoms with Crippen LogP contribution < -0.4 is 22.2 Å². The van der Waals surface area contributed by atoms with Crippen LogP contribution in [0.4, 0.5) is 5.82 Å². The number of nitrogens with zero attached hydrogens (tertiary/aromatic N) is 3. The van der Waals surface area contributed by atoms with Gasteiger partial charge in [0.1, 0.15) is 5.69 Å². The lowest BCUT2D eigenvalue weighted by atomic mass is 10.1. The minimum atomic E-state index is -0.125. The van der Waals surface area contributed by atoms with Crippen molar-refractivity contribution in [3.05, 3.63) is 77.1 Å². The van der Waals surface area contributed by atoms with Crippen molar-refractivity contribution in [3.8, 4) is 11.3 Å². The van der Waals surface area contributed by atoms with Gasteiger partial charge < -0.3 is 22.2 Å². The fourth-order valence-electron chi connectivity index (χ4n) is 3.71. The van der Waals surface area contributed by atoms with Gasteiger partial charge in [0.25, 0.3) is 5.91 Å². The molecule has 6 N–H and O–H groups in total. The maximum Gasteiger partial charge on any atom is 0.251 e. The average molecular weight is 416 g/mol. The molecule has 0 radical (unpaired) electrons. The standard InChI is InChI=1S/C23H25N7O/c1-2-27-30-22(25)20-21(24)26-13-19(28-20)15-7-5-8-16(12-15)23(31)29-18-11-10-14-6-3-4-9-17(14)18/h3-9,12-13,18,27H,2,10-11H2,1H3,(H2,24,26)(H2,25,30)(H,29,31). The number of amides is 1. The highest BCUT2D eigenvalue weighted by Crippen LogP contribution is 2.31. The number of hydrogen-bond donors (Lipinski definition) is 4. The predicted molar refractivity (Wildman–Crippen MR) is 121 cm³/mol. The molecule has 1 atom stereocenters. The van der Waals surface area contributed by atoms with E-state index in [1.54, 1.807) is 18.3 Å². The Labute approximate surface area is 180 Å². The third-order valence-corrected chi connectivity index (χ3v) is 5.26. The van der Waals surface area contributed by atoms with Gasteiger partial charge >= 0.3 is 0 Å². The highest BCUT2D eigenvalue weighted by Gasteiger charge is 2.24. The second-order valence-corrected chi connectivity index (χ2v) is 7.34. The summed E-state index contributed by atoms with van der Waals surface area (Å²) < 4.78 is 0. The molecule has 8 nitrogen and oxygen atoms in total. The van der Waals surface area contributed by atoms with Gasteiger partial charge in [0.15, 0.2) is 11.7 Å². The topological polar surface area (TPSA) is 131 Å². The van der Waals surface area contributed by atoms with Crippen molar-refractivity contribution in [1.29, 1.82) is 0 Å². The van der Waals surface area contributed by atoms with Crippen molar-refractivity contribution in [2.24, 2.45) is 10.8 Å². The second-order valence-electron chi connectivity index (χ2n) is 7.34. The molecule has 8 heteroatoms. The van der Waals surface area contributed by atoms with E-state index in [2.05, 4.69) is 37.9 Å². The number of aromatic nitrogens is 2. The summed E-state index contributed by atoms with van der Waals surface area (Å²) in [5.74, 6) is 0.222. The first-order chi connectivity index (χ1) is 15.1. The van der Waals surface area contributed by atoms with E-state index in [9.17, 15) is 4.79 Å². The number of nitrogens with one attached hydrogen (secondary N) is 2. The first kappa shape index (κ1) is 20.3. The van der Waals surface area contributed by atoms with E-state index in [1.165, 1.54) is 11.1 Å². The van der Waals surface area contributed by atoms with Crippen LogP contribution in [0.1, 0.15) is 46.6 Å². The summed E-state index contributed by atoms with van der Waals surface area (Å²) in [5.41, 5.74) is 19.3. The summed E-state index contributed by atoms with van der Waals surface area (Å²) in [6.45, 7) is 2.53. The smallest absolute Gasteiger partial charge is 0.251 e. The Kier molecular flexibility index (Phi) is 5.79. The molecule has 1 aromatic heterocycles. The number of aryl methyl sites for hydroxylation is 1. The molecule has 0 saturated heterocycles. The van der Waals surface area contributed by atoms with E-state index in [0.29, 0.717) is 23.5 Å². The molecule has 31 heavy (non-hydrogen) atoms. The molecule has 1 heterocycles. The molecule has 0 bridgehead atoms. The van der Waals surface area contributed by atoms with E-state index in [4.69, 9.17) is 11.5 Å². The third kappa shape index (κ3) is 4.32. The lowest BCUT2D eigenvalue weighted by Gasteiger charge is -2.14. The SMILES string of the molecule is CCN/N=C(\N)c1nc(-c2cccc(C(=O)NC3CCc4ccccc43)c2)cnc1N. The summed E-state index contributed by atoms with van der Waals surface area (Å²) in [5, 5.41) is 7.18. The number of rotatable bonds is 6. The molecule has 3 aromatic rings. The summed E-state index contributed by atoms with van der Waals surface area (Å²) in [6.07, 6.45) is 3.44. The number of hydrazone groups is 1. The predicted octanol–water partition coefficient (Wildman–Crippen LogP) is 2.37. The van der Waals surface area contributed by atoms with Crippen LogP contribution in [0.5, 0.6) is 0 Å². The normalized spacial score (nSPS) is 15.4. The van der Waals surface area contributed by atoms with Gasteiger partial charge in [-0.3, -0.25) is 4.79 Å². The number of nitrogen functional groups attached to an aromatic ring is 1. The molecule has 1 unspecified atom stereocenters. The Morgan fingerprint density at radius 3 is 2.90 bits per heavy atom. The molecule has 0 saturated carbocycles. The van der Waals surface area contributed by atoms with Crippen LogP contribution in [0, 0.1) is 0 Å². The molecule has 0 spiro atoms. The lowest BCUT2D eigenvalue weighted by Crippen LogP contribution is -2.27. The molecule has 2 aromatic carbocycles. The minimum absolute atomic E-state index is 0.0253. The summed E-state index contributed by atoms with van der Waals surface area (Å²) in [7, 11) is 0. The zero-order valence-corrected chi connectivity index (χ0v) is 17.3. The van der Waals surface area contributed by atoms with E-state index in [1.807, 2.05) is 31.2 Å². The monoisotopic (exact) mass is 415 g/mol. The highest BCUT2D eigenvalue weighted by molar-refractivity contribution is 6.00. The first-order valence-electron chi connectivity index (χ1n) is 10.2. The van der Waals surface area contributed by atoms with Crippen molar-refractivity contribution >= 4 is 17.6 Å². The molecule has 1 aliphatic rings. The fourth-order valence-corrected chi connectivity index (χ4v) is 3.71. The van der Waals surface area contributed by atoms with Crippen molar-refractivity contribution < 1.29 is 4.79 Å². The molecule has 1 amide bonds. The molecule has 158 valence electrons. The lowest BCUT2D eigenvalue weighted by molar-refractivity contribution is 0.0937. The molecular weight excluding hydrogens is 390 g/mol. The zero-order chi connectivity index (χ0) is 21.8. The van der Waals surface area contributed by atoms with Gasteiger partial charge in [0.2, 0.25) is 0 Å².